The fourth-order valence-corrected chi connectivity index (χ4v) is 1.91. The predicted molar refractivity (Wildman–Crippen MR) is 72.5 cm³/mol. The van der Waals surface area contributed by atoms with Crippen LogP contribution in [0.25, 0.3) is 0 Å². The number of hydrogen-bond acceptors (Lipinski definition) is 1. The van der Waals surface area contributed by atoms with E-state index in [1.54, 1.807) is 0 Å². The van der Waals surface area contributed by atoms with Crippen molar-refractivity contribution >= 4 is 5.91 Å². The zero-order valence-electron chi connectivity index (χ0n) is 11.6. The number of hydrogen-bond donors (Lipinski definition) is 1. The fraction of sp³-hybridized carbons (Fsp3) is 0.533. The highest BCUT2D eigenvalue weighted by Crippen LogP contribution is 2.26. The maximum Gasteiger partial charge on any atom is 0.251 e. The summed E-state index contributed by atoms with van der Waals surface area (Å²) in [7, 11) is 0. The minimum absolute atomic E-state index is 0.00726. The van der Waals surface area contributed by atoms with E-state index in [4.69, 9.17) is 0 Å². The molecule has 0 atom stereocenters. The molecule has 0 aliphatic heterocycles. The lowest BCUT2D eigenvalue weighted by Crippen LogP contribution is -2.27. The molecule has 2 nitrogen and oxygen atoms in total. The number of nitrogens with one attached hydrogen (secondary N) is 1. The highest BCUT2D eigenvalue weighted by atomic mass is 16.1. The van der Waals surface area contributed by atoms with Gasteiger partial charge in [-0.15, -0.1) is 0 Å². The fourth-order valence-electron chi connectivity index (χ4n) is 1.91. The Morgan fingerprint density at radius 1 is 1.24 bits per heavy atom. The van der Waals surface area contributed by atoms with Gasteiger partial charge in [0.15, 0.2) is 0 Å². The van der Waals surface area contributed by atoms with Crippen molar-refractivity contribution < 1.29 is 4.79 Å². The van der Waals surface area contributed by atoms with Crippen molar-refractivity contribution in [2.24, 2.45) is 0 Å². The Kier molecular flexibility index (Phi) is 4.33. The summed E-state index contributed by atoms with van der Waals surface area (Å²) in [6, 6.07) is 6.22. The van der Waals surface area contributed by atoms with Crippen LogP contribution >= 0.6 is 0 Å². The van der Waals surface area contributed by atoms with Crippen LogP contribution in [0.5, 0.6) is 0 Å². The second-order valence-corrected chi connectivity index (χ2v) is 5.34. The van der Waals surface area contributed by atoms with Crippen molar-refractivity contribution in [3.8, 4) is 0 Å². The molecule has 1 amide bonds. The van der Waals surface area contributed by atoms with Crippen LogP contribution < -0.4 is 5.32 Å². The molecule has 0 aliphatic carbocycles. The van der Waals surface area contributed by atoms with E-state index in [0.717, 1.165) is 17.5 Å². The van der Waals surface area contributed by atoms with E-state index < -0.39 is 0 Å². The second kappa shape index (κ2) is 5.35. The number of amides is 1. The summed E-state index contributed by atoms with van der Waals surface area (Å²) >= 11 is 0. The van der Waals surface area contributed by atoms with E-state index in [2.05, 4.69) is 45.1 Å². The quantitative estimate of drug-likeness (QED) is 0.852. The Balaban J connectivity index is 3.26. The minimum Gasteiger partial charge on any atom is -0.352 e. The van der Waals surface area contributed by atoms with E-state index >= 15 is 0 Å². The molecule has 1 aromatic rings. The molecule has 0 aromatic heterocycles. The lowest BCUT2D eigenvalue weighted by Gasteiger charge is -2.23. The SMILES string of the molecule is CCNC(=O)c1cc(CC)ccc1C(C)(C)C. The topological polar surface area (TPSA) is 29.1 Å². The van der Waals surface area contributed by atoms with Crippen molar-refractivity contribution in [3.05, 3.63) is 34.9 Å². The van der Waals surface area contributed by atoms with Gasteiger partial charge in [-0.3, -0.25) is 4.79 Å². The zero-order chi connectivity index (χ0) is 13.1. The lowest BCUT2D eigenvalue weighted by molar-refractivity contribution is 0.0953. The summed E-state index contributed by atoms with van der Waals surface area (Å²) in [5, 5.41) is 2.89. The van der Waals surface area contributed by atoms with Crippen molar-refractivity contribution in [2.45, 2.75) is 46.5 Å². The van der Waals surface area contributed by atoms with Crippen molar-refractivity contribution in [2.75, 3.05) is 6.54 Å². The third-order valence-corrected chi connectivity index (χ3v) is 2.88. The van der Waals surface area contributed by atoms with E-state index in [0.29, 0.717) is 6.54 Å². The van der Waals surface area contributed by atoms with Crippen molar-refractivity contribution in [1.82, 2.24) is 5.32 Å². The van der Waals surface area contributed by atoms with Crippen LogP contribution in [0.4, 0.5) is 0 Å². The number of carbonyl (C=O) groups excluding carboxylic acids is 1. The van der Waals surface area contributed by atoms with E-state index in [1.165, 1.54) is 5.56 Å². The van der Waals surface area contributed by atoms with E-state index in [1.807, 2.05) is 13.0 Å². The molecule has 2 heteroatoms. The Morgan fingerprint density at radius 2 is 1.88 bits per heavy atom. The normalized spacial score (nSPS) is 11.4. The molecule has 0 heterocycles. The maximum absolute atomic E-state index is 12.1. The number of carbonyl (C=O) groups is 1. The van der Waals surface area contributed by atoms with Crippen LogP contribution in [-0.2, 0) is 11.8 Å². The Morgan fingerprint density at radius 3 is 2.35 bits per heavy atom. The van der Waals surface area contributed by atoms with Crippen LogP contribution in [-0.4, -0.2) is 12.5 Å². The van der Waals surface area contributed by atoms with Gasteiger partial charge in [0.1, 0.15) is 0 Å². The molecular formula is C15H23NO. The third kappa shape index (κ3) is 3.32. The zero-order valence-corrected chi connectivity index (χ0v) is 11.6. The van der Waals surface area contributed by atoms with Gasteiger partial charge in [0.25, 0.3) is 5.91 Å². The molecule has 0 spiro atoms. The molecular weight excluding hydrogens is 210 g/mol. The van der Waals surface area contributed by atoms with Gasteiger partial charge in [-0.1, -0.05) is 39.8 Å². The molecule has 0 saturated heterocycles. The number of aryl methyl sites for hydroxylation is 1. The highest BCUT2D eigenvalue weighted by Gasteiger charge is 2.21. The summed E-state index contributed by atoms with van der Waals surface area (Å²) < 4.78 is 0. The van der Waals surface area contributed by atoms with E-state index in [9.17, 15) is 4.79 Å². The van der Waals surface area contributed by atoms with Crippen LogP contribution in [0, 0.1) is 0 Å². The molecule has 1 rings (SSSR count). The predicted octanol–water partition coefficient (Wildman–Crippen LogP) is 3.30. The molecule has 0 aliphatic rings. The van der Waals surface area contributed by atoms with Crippen LogP contribution in [0.3, 0.4) is 0 Å². The van der Waals surface area contributed by atoms with Gasteiger partial charge < -0.3 is 5.32 Å². The number of rotatable bonds is 3. The van der Waals surface area contributed by atoms with E-state index in [-0.39, 0.29) is 11.3 Å². The summed E-state index contributed by atoms with van der Waals surface area (Å²) in [5.74, 6) is 0.0349. The first-order chi connectivity index (χ1) is 7.90. The molecule has 1 N–H and O–H groups in total. The summed E-state index contributed by atoms with van der Waals surface area (Å²) in [6.07, 6.45) is 0.955. The third-order valence-electron chi connectivity index (χ3n) is 2.88. The summed E-state index contributed by atoms with van der Waals surface area (Å²) in [6.45, 7) is 11.1. The minimum atomic E-state index is -0.00726. The standard InChI is InChI=1S/C15H23NO/c1-6-11-8-9-13(15(3,4)5)12(10-11)14(17)16-7-2/h8-10H,6-7H2,1-5H3,(H,16,17). The molecule has 0 radical (unpaired) electrons. The molecule has 0 bridgehead atoms. The molecule has 0 fully saturated rings. The highest BCUT2D eigenvalue weighted by molar-refractivity contribution is 5.96. The summed E-state index contributed by atoms with van der Waals surface area (Å²) in [4.78, 5) is 12.1. The van der Waals surface area contributed by atoms with Crippen molar-refractivity contribution in [3.63, 3.8) is 0 Å². The van der Waals surface area contributed by atoms with Crippen LogP contribution in [0.1, 0.15) is 56.1 Å². The Labute approximate surface area is 104 Å². The van der Waals surface area contributed by atoms with Gasteiger partial charge in [-0.2, -0.15) is 0 Å². The molecule has 17 heavy (non-hydrogen) atoms. The monoisotopic (exact) mass is 233 g/mol. The number of benzene rings is 1. The van der Waals surface area contributed by atoms with Gasteiger partial charge in [0, 0.05) is 12.1 Å². The van der Waals surface area contributed by atoms with Gasteiger partial charge in [0.2, 0.25) is 0 Å². The molecule has 0 unspecified atom stereocenters. The Bertz CT molecular complexity index is 402. The van der Waals surface area contributed by atoms with Crippen LogP contribution in [0.2, 0.25) is 0 Å². The largest absolute Gasteiger partial charge is 0.352 e. The Hall–Kier alpha value is -1.31. The van der Waals surface area contributed by atoms with Gasteiger partial charge >= 0.3 is 0 Å². The second-order valence-electron chi connectivity index (χ2n) is 5.34. The average molecular weight is 233 g/mol. The first kappa shape index (κ1) is 13.8. The van der Waals surface area contributed by atoms with Gasteiger partial charge in [-0.25, -0.2) is 0 Å². The first-order valence-electron chi connectivity index (χ1n) is 6.31. The molecule has 94 valence electrons. The van der Waals surface area contributed by atoms with Gasteiger partial charge in [0.05, 0.1) is 0 Å². The summed E-state index contributed by atoms with van der Waals surface area (Å²) in [5.41, 5.74) is 3.13. The van der Waals surface area contributed by atoms with Gasteiger partial charge in [-0.05, 0) is 36.0 Å². The first-order valence-corrected chi connectivity index (χ1v) is 6.31. The smallest absolute Gasteiger partial charge is 0.251 e. The molecule has 0 saturated carbocycles. The lowest BCUT2D eigenvalue weighted by atomic mass is 9.82. The van der Waals surface area contributed by atoms with Crippen LogP contribution in [0.15, 0.2) is 18.2 Å². The molecule has 1 aromatic carbocycles. The maximum atomic E-state index is 12.1. The van der Waals surface area contributed by atoms with Crippen molar-refractivity contribution in [1.29, 1.82) is 0 Å². The average Bonchev–Trinajstić information content (AvgIpc) is 2.27.